The third-order valence-electron chi connectivity index (χ3n) is 2.34. The van der Waals surface area contributed by atoms with Gasteiger partial charge in [-0.2, -0.15) is 0 Å². The number of nitrogens with one attached hydrogen (secondary N) is 2. The van der Waals surface area contributed by atoms with E-state index in [4.69, 9.17) is 84.6 Å². The molecule has 1 amide bonds. The van der Waals surface area contributed by atoms with Crippen LogP contribution in [0.5, 0.6) is 0 Å². The molecular formula is C9H8BrCl6N3O3. The zero-order valence-electron chi connectivity index (χ0n) is 10.4. The summed E-state index contributed by atoms with van der Waals surface area (Å²) in [5.41, 5.74) is 0. The van der Waals surface area contributed by atoms with Gasteiger partial charge in [0.2, 0.25) is 5.90 Å². The predicted molar refractivity (Wildman–Crippen MR) is 92.0 cm³/mol. The van der Waals surface area contributed by atoms with Gasteiger partial charge in [-0.3, -0.25) is 10.2 Å². The van der Waals surface area contributed by atoms with Crippen LogP contribution in [0.25, 0.3) is 0 Å². The van der Waals surface area contributed by atoms with Crippen LogP contribution in [0.1, 0.15) is 6.42 Å². The van der Waals surface area contributed by atoms with Gasteiger partial charge in [-0.05, 0) is 15.9 Å². The predicted octanol–water partition coefficient (Wildman–Crippen LogP) is 3.70. The van der Waals surface area contributed by atoms with E-state index in [1.54, 1.807) is 0 Å². The van der Waals surface area contributed by atoms with Gasteiger partial charge in [0.15, 0.2) is 6.10 Å². The number of alkyl halides is 6. The second-order valence-electron chi connectivity index (χ2n) is 4.03. The van der Waals surface area contributed by atoms with E-state index < -0.39 is 31.5 Å². The van der Waals surface area contributed by atoms with E-state index >= 15 is 0 Å². The van der Waals surface area contributed by atoms with Crippen molar-refractivity contribution in [2.24, 2.45) is 5.16 Å². The summed E-state index contributed by atoms with van der Waals surface area (Å²) in [5.74, 6) is -1.51. The van der Waals surface area contributed by atoms with Crippen molar-refractivity contribution in [3.8, 4) is 0 Å². The lowest BCUT2D eigenvalue weighted by atomic mass is 10.1. The molecule has 2 N–H and O–H groups in total. The smallest absolute Gasteiger partial charge is 0.272 e. The SMILES string of the molecule is N=C(OC[C@@H](NC(=O)C(Cl)(Cl)Cl)[C@H]1CC(Br)=NO1)C(Cl)(Cl)Cl. The van der Waals surface area contributed by atoms with E-state index in [-0.39, 0.29) is 6.61 Å². The van der Waals surface area contributed by atoms with Crippen LogP contribution < -0.4 is 5.32 Å². The fraction of sp³-hybridized carbons (Fsp3) is 0.667. The van der Waals surface area contributed by atoms with Crippen LogP contribution in [-0.2, 0) is 14.4 Å². The van der Waals surface area contributed by atoms with Crippen LogP contribution in [0, 0.1) is 5.41 Å². The Morgan fingerprint density at radius 3 is 2.41 bits per heavy atom. The molecule has 0 aromatic carbocycles. The van der Waals surface area contributed by atoms with Crippen molar-refractivity contribution in [1.82, 2.24) is 5.32 Å². The summed E-state index contributed by atoms with van der Waals surface area (Å²) in [6.07, 6.45) is -0.260. The molecular weight excluding hydrogens is 491 g/mol. The largest absolute Gasteiger partial charge is 0.476 e. The van der Waals surface area contributed by atoms with Gasteiger partial charge < -0.3 is 14.9 Å². The van der Waals surface area contributed by atoms with Crippen LogP contribution in [0.4, 0.5) is 0 Å². The van der Waals surface area contributed by atoms with Gasteiger partial charge in [-0.1, -0.05) is 74.8 Å². The topological polar surface area (TPSA) is 83.8 Å². The first-order valence-corrected chi connectivity index (χ1v) is 8.51. The summed E-state index contributed by atoms with van der Waals surface area (Å²) in [7, 11) is 0. The summed E-state index contributed by atoms with van der Waals surface area (Å²) < 4.78 is 1.36. The number of hydrogen-bond acceptors (Lipinski definition) is 5. The highest BCUT2D eigenvalue weighted by Crippen LogP contribution is 2.29. The molecule has 2 atom stereocenters. The molecule has 0 saturated heterocycles. The summed E-state index contributed by atoms with van der Waals surface area (Å²) >= 11 is 36.1. The molecule has 0 spiro atoms. The molecule has 0 aromatic rings. The molecule has 0 saturated carbocycles. The summed E-state index contributed by atoms with van der Waals surface area (Å²) in [5, 5.41) is 13.6. The normalized spacial score (nSPS) is 20.0. The summed E-state index contributed by atoms with van der Waals surface area (Å²) in [6, 6.07) is -0.797. The molecule has 13 heteroatoms. The van der Waals surface area contributed by atoms with E-state index in [1.807, 2.05) is 0 Å². The van der Waals surface area contributed by atoms with Crippen molar-refractivity contribution in [1.29, 1.82) is 5.41 Å². The number of hydrogen-bond donors (Lipinski definition) is 2. The highest BCUT2D eigenvalue weighted by Gasteiger charge is 2.38. The van der Waals surface area contributed by atoms with Crippen molar-refractivity contribution < 1.29 is 14.4 Å². The first-order chi connectivity index (χ1) is 9.91. The second kappa shape index (κ2) is 8.14. The van der Waals surface area contributed by atoms with Crippen molar-refractivity contribution in [3.05, 3.63) is 0 Å². The van der Waals surface area contributed by atoms with Crippen LogP contribution >= 0.6 is 85.5 Å². The summed E-state index contributed by atoms with van der Waals surface area (Å²) in [4.78, 5) is 16.9. The van der Waals surface area contributed by atoms with E-state index in [0.717, 1.165) is 0 Å². The molecule has 0 aromatic heterocycles. The maximum atomic E-state index is 11.8. The van der Waals surface area contributed by atoms with Crippen molar-refractivity contribution in [3.63, 3.8) is 0 Å². The van der Waals surface area contributed by atoms with Gasteiger partial charge in [0.25, 0.3) is 13.5 Å². The Morgan fingerprint density at radius 2 is 2.00 bits per heavy atom. The van der Waals surface area contributed by atoms with Gasteiger partial charge in [0.05, 0.1) is 0 Å². The maximum Gasteiger partial charge on any atom is 0.272 e. The molecule has 6 nitrogen and oxygen atoms in total. The lowest BCUT2D eigenvalue weighted by Gasteiger charge is -2.25. The number of oxime groups is 1. The number of rotatable bonds is 4. The zero-order valence-corrected chi connectivity index (χ0v) is 16.5. The Bertz CT molecular complexity index is 478. The minimum absolute atomic E-state index is 0.250. The van der Waals surface area contributed by atoms with E-state index in [1.165, 1.54) is 0 Å². The number of halogens is 7. The Balaban J connectivity index is 2.71. The Labute approximate surface area is 164 Å². The second-order valence-corrected chi connectivity index (χ2v) is 9.51. The third kappa shape index (κ3) is 6.63. The quantitative estimate of drug-likeness (QED) is 0.352. The Kier molecular flexibility index (Phi) is 7.65. The molecule has 126 valence electrons. The van der Waals surface area contributed by atoms with Crippen LogP contribution in [0.3, 0.4) is 0 Å². The molecule has 1 heterocycles. The monoisotopic (exact) mass is 495 g/mol. The first kappa shape index (κ1) is 20.7. The average Bonchev–Trinajstić information content (AvgIpc) is 2.77. The molecule has 0 aliphatic carbocycles. The van der Waals surface area contributed by atoms with Gasteiger partial charge in [0.1, 0.15) is 17.3 Å². The molecule has 1 rings (SSSR count). The van der Waals surface area contributed by atoms with Crippen molar-refractivity contribution >= 4 is 102 Å². The molecule has 22 heavy (non-hydrogen) atoms. The highest BCUT2D eigenvalue weighted by atomic mass is 79.9. The maximum absolute atomic E-state index is 11.8. The van der Waals surface area contributed by atoms with E-state index in [9.17, 15) is 4.79 Å². The first-order valence-electron chi connectivity index (χ1n) is 5.45. The molecule has 1 aliphatic heterocycles. The van der Waals surface area contributed by atoms with E-state index in [2.05, 4.69) is 26.4 Å². The molecule has 0 radical (unpaired) electrons. The van der Waals surface area contributed by atoms with Gasteiger partial charge >= 0.3 is 0 Å². The average molecular weight is 499 g/mol. The van der Waals surface area contributed by atoms with Crippen LogP contribution in [0.15, 0.2) is 5.16 Å². The lowest BCUT2D eigenvalue weighted by molar-refractivity contribution is -0.122. The Morgan fingerprint density at radius 1 is 1.41 bits per heavy atom. The number of nitrogens with zero attached hydrogens (tertiary/aromatic N) is 1. The summed E-state index contributed by atoms with van der Waals surface area (Å²) in [6.45, 7) is -0.250. The molecule has 0 unspecified atom stereocenters. The van der Waals surface area contributed by atoms with Crippen LogP contribution in [-0.4, -0.2) is 42.8 Å². The number of carbonyl (C=O) groups excluding carboxylic acids is 1. The van der Waals surface area contributed by atoms with Crippen molar-refractivity contribution in [2.75, 3.05) is 6.61 Å². The Hall–Kier alpha value is 0.630. The van der Waals surface area contributed by atoms with Gasteiger partial charge in [-0.15, -0.1) is 0 Å². The van der Waals surface area contributed by atoms with Gasteiger partial charge in [0, 0.05) is 6.42 Å². The standard InChI is InChI=1S/C9H8BrCl6N3O3/c10-5-1-4(22-19-5)3(18-7(20)9(14,15)16)2-21-6(17)8(11,12)13/h3-4,17H,1-2H2,(H,18,20)/t3-,4-/m1/s1. The number of amides is 1. The fourth-order valence-electron chi connectivity index (χ4n) is 1.33. The minimum Gasteiger partial charge on any atom is -0.476 e. The van der Waals surface area contributed by atoms with Gasteiger partial charge in [-0.25, -0.2) is 0 Å². The molecule has 0 bridgehead atoms. The molecule has 1 aliphatic rings. The zero-order chi connectivity index (χ0) is 17.1. The fourth-order valence-corrected chi connectivity index (χ4v) is 2.06. The molecule has 0 fully saturated rings. The highest BCUT2D eigenvalue weighted by molar-refractivity contribution is 9.18. The minimum atomic E-state index is -2.17. The van der Waals surface area contributed by atoms with Crippen molar-refractivity contribution in [2.45, 2.75) is 26.2 Å². The number of carbonyl (C=O) groups is 1. The number of ether oxygens (including phenoxy) is 1. The lowest BCUT2D eigenvalue weighted by Crippen LogP contribution is -2.50. The van der Waals surface area contributed by atoms with Crippen LogP contribution in [0.2, 0.25) is 0 Å². The van der Waals surface area contributed by atoms with E-state index in [0.29, 0.717) is 11.0 Å². The third-order valence-corrected chi connectivity index (χ3v) is 3.84.